The van der Waals surface area contributed by atoms with Gasteiger partial charge in [-0.1, -0.05) is 13.8 Å². The molecule has 1 heterocycles. The number of hydrogen-bond donors (Lipinski definition) is 3. The van der Waals surface area contributed by atoms with E-state index >= 15 is 0 Å². The average molecular weight is 420 g/mol. The van der Waals surface area contributed by atoms with Gasteiger partial charge in [-0.05, 0) is 36.2 Å². The van der Waals surface area contributed by atoms with E-state index in [4.69, 9.17) is 4.42 Å². The lowest BCUT2D eigenvalue weighted by molar-refractivity contribution is -0.140. The van der Waals surface area contributed by atoms with E-state index in [0.717, 1.165) is 0 Å². The summed E-state index contributed by atoms with van der Waals surface area (Å²) in [6, 6.07) is 7.94. The van der Waals surface area contributed by atoms with E-state index in [9.17, 15) is 23.1 Å². The van der Waals surface area contributed by atoms with E-state index in [1.165, 1.54) is 25.3 Å². The predicted molar refractivity (Wildman–Crippen MR) is 106 cm³/mol. The van der Waals surface area contributed by atoms with Crippen LogP contribution in [0.5, 0.6) is 0 Å². The van der Waals surface area contributed by atoms with Gasteiger partial charge < -0.3 is 14.3 Å². The fourth-order valence-electron chi connectivity index (χ4n) is 2.88. The first-order valence-corrected chi connectivity index (χ1v) is 10.2. The second-order valence-electron chi connectivity index (χ2n) is 6.77. The Kier molecular flexibility index (Phi) is 5.49. The van der Waals surface area contributed by atoms with Gasteiger partial charge in [-0.15, -0.1) is 0 Å². The van der Waals surface area contributed by atoms with Crippen LogP contribution in [0, 0.1) is 5.92 Å². The van der Waals surface area contributed by atoms with E-state index < -0.39 is 34.0 Å². The predicted octanol–water partition coefficient (Wildman–Crippen LogP) is 3.15. The number of benzene rings is 2. The number of fused-ring (bicyclic) bond motifs is 3. The summed E-state index contributed by atoms with van der Waals surface area (Å²) in [6.45, 7) is 3.24. The van der Waals surface area contributed by atoms with Gasteiger partial charge in [0.15, 0.2) is 0 Å². The van der Waals surface area contributed by atoms with Crippen LogP contribution in [0.3, 0.4) is 0 Å². The normalized spacial score (nSPS) is 13.0. The molecular weight excluding hydrogens is 400 g/mol. The minimum atomic E-state index is -4.06. The summed E-state index contributed by atoms with van der Waals surface area (Å²) in [6.07, 6.45) is -0.627. The summed E-state index contributed by atoms with van der Waals surface area (Å²) in [5.41, 5.74) is 1.36. The monoisotopic (exact) mass is 420 g/mol. The molecule has 29 heavy (non-hydrogen) atoms. The summed E-state index contributed by atoms with van der Waals surface area (Å²) >= 11 is 0. The second-order valence-corrected chi connectivity index (χ2v) is 8.48. The minimum Gasteiger partial charge on any atom is -0.480 e. The Labute approximate surface area is 166 Å². The maximum Gasteiger partial charge on any atom is 0.411 e. The van der Waals surface area contributed by atoms with Gasteiger partial charge in [-0.2, -0.15) is 4.72 Å². The van der Waals surface area contributed by atoms with Crippen LogP contribution in [0.2, 0.25) is 0 Å². The number of amides is 1. The molecule has 0 bridgehead atoms. The fourth-order valence-corrected chi connectivity index (χ4v) is 4.24. The number of aliphatic carboxylic acids is 1. The van der Waals surface area contributed by atoms with Crippen molar-refractivity contribution in [3.05, 3.63) is 36.4 Å². The molecule has 1 atom stereocenters. The summed E-state index contributed by atoms with van der Waals surface area (Å²) < 4.78 is 37.9. The van der Waals surface area contributed by atoms with Gasteiger partial charge in [0.2, 0.25) is 10.0 Å². The Hall–Kier alpha value is -3.11. The second kappa shape index (κ2) is 7.72. The minimum absolute atomic E-state index is 0.0728. The molecule has 0 saturated heterocycles. The molecule has 3 aromatic rings. The number of rotatable bonds is 6. The van der Waals surface area contributed by atoms with Crippen molar-refractivity contribution >= 4 is 49.7 Å². The molecule has 0 radical (unpaired) electrons. The van der Waals surface area contributed by atoms with Crippen LogP contribution in [-0.2, 0) is 19.6 Å². The van der Waals surface area contributed by atoms with E-state index in [0.29, 0.717) is 27.6 Å². The Morgan fingerprint density at radius 1 is 1.07 bits per heavy atom. The number of methoxy groups -OCH3 is 1. The molecule has 2 aromatic carbocycles. The SMILES string of the molecule is COC(=O)Nc1ccc2c(c1)oc1ccc(S(=O)(=O)NC(C(=O)O)C(C)C)cc12. The topological polar surface area (TPSA) is 135 Å². The molecule has 1 unspecified atom stereocenters. The number of carboxylic acid groups (broad SMARTS) is 1. The molecule has 1 amide bonds. The van der Waals surface area contributed by atoms with Gasteiger partial charge >= 0.3 is 12.1 Å². The molecule has 3 N–H and O–H groups in total. The Morgan fingerprint density at radius 3 is 2.41 bits per heavy atom. The van der Waals surface area contributed by atoms with E-state index in [1.807, 2.05) is 0 Å². The zero-order valence-corrected chi connectivity index (χ0v) is 16.7. The third-order valence-electron chi connectivity index (χ3n) is 4.40. The third kappa shape index (κ3) is 4.17. The molecule has 0 spiro atoms. The number of carboxylic acids is 1. The van der Waals surface area contributed by atoms with Crippen LogP contribution in [0.1, 0.15) is 13.8 Å². The molecule has 0 saturated carbocycles. The maximum atomic E-state index is 12.7. The molecule has 3 rings (SSSR count). The van der Waals surface area contributed by atoms with Crippen LogP contribution in [-0.4, -0.2) is 38.7 Å². The van der Waals surface area contributed by atoms with Gasteiger partial charge in [0.1, 0.15) is 17.2 Å². The fraction of sp³-hybridized carbons (Fsp3) is 0.263. The van der Waals surface area contributed by atoms with E-state index in [1.54, 1.807) is 32.0 Å². The number of nitrogens with one attached hydrogen (secondary N) is 2. The van der Waals surface area contributed by atoms with Gasteiger partial charge in [-0.25, -0.2) is 13.2 Å². The number of anilines is 1. The van der Waals surface area contributed by atoms with Crippen molar-refractivity contribution in [1.82, 2.24) is 4.72 Å². The highest BCUT2D eigenvalue weighted by Crippen LogP contribution is 2.32. The average Bonchev–Trinajstić information content (AvgIpc) is 3.02. The maximum absolute atomic E-state index is 12.7. The molecular formula is C19H20N2O7S. The van der Waals surface area contributed by atoms with Gasteiger partial charge in [0.05, 0.1) is 12.0 Å². The van der Waals surface area contributed by atoms with Crippen LogP contribution >= 0.6 is 0 Å². The van der Waals surface area contributed by atoms with Crippen molar-refractivity contribution in [2.75, 3.05) is 12.4 Å². The standard InChI is InChI=1S/C19H20N2O7S/c1-10(2)17(18(22)23)21-29(25,26)12-5-7-15-14(9-12)13-6-4-11(8-16(13)28-15)20-19(24)27-3/h4-10,17,21H,1-3H3,(H,20,24)(H,22,23). The van der Waals surface area contributed by atoms with Crippen molar-refractivity contribution in [3.63, 3.8) is 0 Å². The molecule has 9 nitrogen and oxygen atoms in total. The molecule has 1 aromatic heterocycles. The molecule has 0 aliphatic carbocycles. The van der Waals surface area contributed by atoms with Gasteiger partial charge in [0.25, 0.3) is 0 Å². The summed E-state index contributed by atoms with van der Waals surface area (Å²) in [5, 5.41) is 13.0. The van der Waals surface area contributed by atoms with Crippen molar-refractivity contribution in [2.24, 2.45) is 5.92 Å². The lowest BCUT2D eigenvalue weighted by Crippen LogP contribution is -2.44. The zero-order valence-electron chi connectivity index (χ0n) is 15.9. The van der Waals surface area contributed by atoms with E-state index in [2.05, 4.69) is 14.8 Å². The Morgan fingerprint density at radius 2 is 1.79 bits per heavy atom. The lowest BCUT2D eigenvalue weighted by Gasteiger charge is -2.17. The van der Waals surface area contributed by atoms with Crippen molar-refractivity contribution in [1.29, 1.82) is 0 Å². The first kappa shape index (κ1) is 20.6. The first-order chi connectivity index (χ1) is 13.6. The third-order valence-corrected chi connectivity index (χ3v) is 5.84. The number of ether oxygens (including phenoxy) is 1. The number of hydrogen-bond acceptors (Lipinski definition) is 6. The van der Waals surface area contributed by atoms with Crippen LogP contribution in [0.25, 0.3) is 21.9 Å². The van der Waals surface area contributed by atoms with Gasteiger partial charge in [-0.3, -0.25) is 10.1 Å². The largest absolute Gasteiger partial charge is 0.480 e. The van der Waals surface area contributed by atoms with Crippen molar-refractivity contribution < 1.29 is 32.3 Å². The highest BCUT2D eigenvalue weighted by Gasteiger charge is 2.28. The summed E-state index contributed by atoms with van der Waals surface area (Å²) in [5.74, 6) is -1.68. The quantitative estimate of drug-likeness (QED) is 0.557. The number of carbonyl (C=O) groups is 2. The first-order valence-electron chi connectivity index (χ1n) is 8.69. The van der Waals surface area contributed by atoms with Gasteiger partial charge in [0, 0.05) is 22.5 Å². The Bertz CT molecular complexity index is 1200. The molecule has 154 valence electrons. The molecule has 10 heteroatoms. The van der Waals surface area contributed by atoms with Crippen LogP contribution in [0.4, 0.5) is 10.5 Å². The molecule has 0 aliphatic heterocycles. The highest BCUT2D eigenvalue weighted by molar-refractivity contribution is 7.89. The number of carbonyl (C=O) groups excluding carboxylic acids is 1. The summed E-state index contributed by atoms with van der Waals surface area (Å²) in [4.78, 5) is 22.6. The smallest absolute Gasteiger partial charge is 0.411 e. The molecule has 0 aliphatic rings. The van der Waals surface area contributed by atoms with Crippen LogP contribution < -0.4 is 10.0 Å². The molecule has 0 fully saturated rings. The summed E-state index contributed by atoms with van der Waals surface area (Å²) in [7, 11) is -2.81. The van der Waals surface area contributed by atoms with Crippen molar-refractivity contribution in [3.8, 4) is 0 Å². The van der Waals surface area contributed by atoms with E-state index in [-0.39, 0.29) is 4.90 Å². The number of furan rings is 1. The van der Waals surface area contributed by atoms with Crippen LogP contribution in [0.15, 0.2) is 45.7 Å². The number of sulfonamides is 1. The highest BCUT2D eigenvalue weighted by atomic mass is 32.2. The zero-order chi connectivity index (χ0) is 21.3. The Balaban J connectivity index is 2.01. The van der Waals surface area contributed by atoms with Crippen molar-refractivity contribution in [2.45, 2.75) is 24.8 Å². The lowest BCUT2D eigenvalue weighted by atomic mass is 10.1.